The van der Waals surface area contributed by atoms with Gasteiger partial charge in [0, 0.05) is 38.4 Å². The van der Waals surface area contributed by atoms with Crippen LogP contribution in [0.2, 0.25) is 0 Å². The van der Waals surface area contributed by atoms with Crippen LogP contribution in [0.1, 0.15) is 18.4 Å². The number of rotatable bonds is 2. The molecule has 2 heterocycles. The van der Waals surface area contributed by atoms with Crippen LogP contribution in [0.4, 0.5) is 10.1 Å². The maximum absolute atomic E-state index is 13.3. The Balaban J connectivity index is 0.00000132. The van der Waals surface area contributed by atoms with E-state index in [0.717, 1.165) is 56.8 Å². The van der Waals surface area contributed by atoms with E-state index >= 15 is 0 Å². The molecule has 3 rings (SSSR count). The van der Waals surface area contributed by atoms with Gasteiger partial charge in [-0.1, -0.05) is 0 Å². The monoisotopic (exact) mass is 363 g/mol. The van der Waals surface area contributed by atoms with Crippen molar-refractivity contribution in [1.29, 1.82) is 0 Å². The van der Waals surface area contributed by atoms with E-state index in [1.165, 1.54) is 12.1 Å². The Kier molecular flexibility index (Phi) is 7.74. The van der Waals surface area contributed by atoms with Gasteiger partial charge >= 0.3 is 0 Å². The van der Waals surface area contributed by atoms with E-state index in [-0.39, 0.29) is 42.6 Å². The molecule has 2 aliphatic heterocycles. The normalized spacial score (nSPS) is 22.3. The highest BCUT2D eigenvalue weighted by molar-refractivity contribution is 5.98. The van der Waals surface area contributed by atoms with E-state index in [1.54, 1.807) is 6.07 Å². The van der Waals surface area contributed by atoms with Crippen LogP contribution in [-0.4, -0.2) is 49.6 Å². The summed E-state index contributed by atoms with van der Waals surface area (Å²) in [5.74, 6) is -0.0859. The number of nitrogens with zero attached hydrogens (tertiary/aromatic N) is 2. The van der Waals surface area contributed by atoms with E-state index < -0.39 is 0 Å². The minimum Gasteiger partial charge on any atom is -0.314 e. The second kappa shape index (κ2) is 8.83. The Morgan fingerprint density at radius 3 is 2.52 bits per heavy atom. The van der Waals surface area contributed by atoms with Gasteiger partial charge in [0.2, 0.25) is 5.91 Å². The average molecular weight is 364 g/mol. The number of benzene rings is 1. The van der Waals surface area contributed by atoms with Crippen LogP contribution >= 0.6 is 24.8 Å². The summed E-state index contributed by atoms with van der Waals surface area (Å²) in [4.78, 5) is 17.0. The van der Waals surface area contributed by atoms with Crippen LogP contribution in [0.25, 0.3) is 0 Å². The molecule has 0 saturated carbocycles. The highest BCUT2D eigenvalue weighted by atomic mass is 35.5. The molecule has 2 saturated heterocycles. The Labute approximate surface area is 149 Å². The van der Waals surface area contributed by atoms with Gasteiger partial charge in [-0.3, -0.25) is 9.69 Å². The maximum atomic E-state index is 13.3. The van der Waals surface area contributed by atoms with Crippen LogP contribution in [0.5, 0.6) is 0 Å². The number of anilines is 1. The summed E-state index contributed by atoms with van der Waals surface area (Å²) in [6.07, 6.45) is 1.92. The number of carbonyl (C=O) groups excluding carboxylic acids is 1. The first kappa shape index (κ1) is 20.2. The van der Waals surface area contributed by atoms with E-state index in [4.69, 9.17) is 0 Å². The van der Waals surface area contributed by atoms with Crippen molar-refractivity contribution < 1.29 is 9.18 Å². The van der Waals surface area contributed by atoms with E-state index in [2.05, 4.69) is 10.2 Å². The zero-order chi connectivity index (χ0) is 14.8. The van der Waals surface area contributed by atoms with Gasteiger partial charge in [-0.15, -0.1) is 24.8 Å². The van der Waals surface area contributed by atoms with Crippen molar-refractivity contribution in [3.63, 3.8) is 0 Å². The fourth-order valence-electron chi connectivity index (χ4n) is 3.35. The fourth-order valence-corrected chi connectivity index (χ4v) is 3.35. The summed E-state index contributed by atoms with van der Waals surface area (Å²) in [6, 6.07) is 4.63. The third kappa shape index (κ3) is 4.35. The maximum Gasteiger partial charge on any atom is 0.244 e. The lowest BCUT2D eigenvalue weighted by Gasteiger charge is -2.40. The number of nitrogens with one attached hydrogen (secondary N) is 1. The molecule has 0 bridgehead atoms. The lowest BCUT2D eigenvalue weighted by atomic mass is 10.0. The van der Waals surface area contributed by atoms with Crippen molar-refractivity contribution in [2.24, 2.45) is 0 Å². The molecule has 2 fully saturated rings. The summed E-state index contributed by atoms with van der Waals surface area (Å²) >= 11 is 0. The zero-order valence-corrected chi connectivity index (χ0v) is 14.9. The Morgan fingerprint density at radius 2 is 1.87 bits per heavy atom. The van der Waals surface area contributed by atoms with Crippen molar-refractivity contribution in [3.05, 3.63) is 29.6 Å². The van der Waals surface area contributed by atoms with E-state index in [0.29, 0.717) is 0 Å². The molecular formula is C16H24Cl2FN3O. The third-order valence-corrected chi connectivity index (χ3v) is 4.45. The van der Waals surface area contributed by atoms with Crippen LogP contribution in [-0.2, 0) is 4.79 Å². The van der Waals surface area contributed by atoms with Gasteiger partial charge < -0.3 is 10.2 Å². The molecule has 0 aliphatic carbocycles. The predicted molar refractivity (Wildman–Crippen MR) is 95.5 cm³/mol. The Morgan fingerprint density at radius 1 is 1.17 bits per heavy atom. The minimum atomic E-state index is -0.251. The van der Waals surface area contributed by atoms with Crippen LogP contribution in [0.3, 0.4) is 0 Å². The van der Waals surface area contributed by atoms with Gasteiger partial charge in [0.1, 0.15) is 5.82 Å². The number of amides is 1. The molecule has 7 heteroatoms. The third-order valence-electron chi connectivity index (χ3n) is 4.45. The molecule has 0 aromatic heterocycles. The second-order valence-corrected chi connectivity index (χ2v) is 5.86. The number of halogens is 3. The molecule has 1 unspecified atom stereocenters. The topological polar surface area (TPSA) is 35.6 Å². The highest BCUT2D eigenvalue weighted by Gasteiger charge is 2.34. The van der Waals surface area contributed by atoms with Crippen LogP contribution in [0, 0.1) is 12.7 Å². The molecule has 1 N–H and O–H groups in total. The summed E-state index contributed by atoms with van der Waals surface area (Å²) in [5.41, 5.74) is 1.67. The number of piperazine rings is 1. The first-order chi connectivity index (χ1) is 10.2. The number of piperidine rings is 1. The summed E-state index contributed by atoms with van der Waals surface area (Å²) in [7, 11) is 0. The lowest BCUT2D eigenvalue weighted by Crippen LogP contribution is -2.57. The fraction of sp³-hybridized carbons (Fsp3) is 0.562. The molecule has 4 nitrogen and oxygen atoms in total. The van der Waals surface area contributed by atoms with Crippen molar-refractivity contribution >= 4 is 36.4 Å². The quantitative estimate of drug-likeness (QED) is 0.875. The number of hydrogen-bond acceptors (Lipinski definition) is 3. The van der Waals surface area contributed by atoms with Gasteiger partial charge in [0.15, 0.2) is 0 Å². The Hall–Kier alpha value is -0.880. The molecule has 0 radical (unpaired) electrons. The summed E-state index contributed by atoms with van der Waals surface area (Å²) in [6.45, 7) is 6.33. The molecule has 1 amide bonds. The smallest absolute Gasteiger partial charge is 0.244 e. The molecule has 130 valence electrons. The first-order valence-corrected chi connectivity index (χ1v) is 7.69. The predicted octanol–water partition coefficient (Wildman–Crippen LogP) is 2.38. The molecule has 23 heavy (non-hydrogen) atoms. The number of carbonyl (C=O) groups is 1. The van der Waals surface area contributed by atoms with Gasteiger partial charge in [0.05, 0.1) is 6.04 Å². The number of aryl methyl sites for hydroxylation is 1. The molecule has 1 atom stereocenters. The molecule has 1 aromatic rings. The van der Waals surface area contributed by atoms with Gasteiger partial charge in [-0.05, 0) is 43.5 Å². The van der Waals surface area contributed by atoms with E-state index in [9.17, 15) is 9.18 Å². The Bertz CT molecular complexity index is 538. The number of hydrogen-bond donors (Lipinski definition) is 1. The summed E-state index contributed by atoms with van der Waals surface area (Å²) in [5, 5.41) is 3.32. The molecule has 0 spiro atoms. The highest BCUT2D eigenvalue weighted by Crippen LogP contribution is 2.27. The first-order valence-electron chi connectivity index (χ1n) is 7.69. The zero-order valence-electron chi connectivity index (χ0n) is 13.3. The van der Waals surface area contributed by atoms with Crippen molar-refractivity contribution in [3.8, 4) is 0 Å². The van der Waals surface area contributed by atoms with Crippen LogP contribution in [0.15, 0.2) is 18.2 Å². The van der Waals surface area contributed by atoms with Crippen molar-refractivity contribution in [2.75, 3.05) is 37.6 Å². The van der Waals surface area contributed by atoms with Gasteiger partial charge in [-0.2, -0.15) is 0 Å². The molecular weight excluding hydrogens is 340 g/mol. The van der Waals surface area contributed by atoms with Gasteiger partial charge in [0.25, 0.3) is 0 Å². The molecule has 2 aliphatic rings. The average Bonchev–Trinajstić information content (AvgIpc) is 2.49. The van der Waals surface area contributed by atoms with Crippen LogP contribution < -0.4 is 10.2 Å². The van der Waals surface area contributed by atoms with Gasteiger partial charge in [-0.25, -0.2) is 4.39 Å². The van der Waals surface area contributed by atoms with Crippen molar-refractivity contribution in [1.82, 2.24) is 10.2 Å². The second-order valence-electron chi connectivity index (χ2n) is 5.86. The largest absolute Gasteiger partial charge is 0.314 e. The standard InChI is InChI=1S/C16H22FN3O.2ClH/c1-12-11-13(17)4-5-14(12)20-8-2-3-15(16(20)21)19-9-6-18-7-10-19;;/h4-5,11,15,18H,2-3,6-10H2,1H3;2*1H. The minimum absolute atomic E-state index is 0. The summed E-state index contributed by atoms with van der Waals surface area (Å²) < 4.78 is 13.3. The molecule has 1 aromatic carbocycles. The SMILES string of the molecule is Cc1cc(F)ccc1N1CCCC(N2CCNCC2)C1=O.Cl.Cl. The van der Waals surface area contributed by atoms with E-state index in [1.807, 2.05) is 11.8 Å². The van der Waals surface area contributed by atoms with Crippen molar-refractivity contribution in [2.45, 2.75) is 25.8 Å². The lowest BCUT2D eigenvalue weighted by molar-refractivity contribution is -0.125.